The summed E-state index contributed by atoms with van der Waals surface area (Å²) in [5.41, 5.74) is 10.0. The smallest absolute Gasteiger partial charge is 0.253 e. The highest BCUT2D eigenvalue weighted by molar-refractivity contribution is 5.99. The molecular formula is C20H26N4O. The normalized spacial score (nSPS) is 19.7. The fourth-order valence-corrected chi connectivity index (χ4v) is 3.57. The zero-order chi connectivity index (χ0) is 18.0. The minimum absolute atomic E-state index is 0.178. The lowest BCUT2D eigenvalue weighted by Crippen LogP contribution is -2.32. The van der Waals surface area contributed by atoms with Crippen LogP contribution < -0.4 is 21.3 Å². The number of nitrogens with two attached hydrogens (primary N) is 1. The molecule has 1 saturated heterocycles. The van der Waals surface area contributed by atoms with Gasteiger partial charge >= 0.3 is 0 Å². The Balaban J connectivity index is 1.73. The monoisotopic (exact) mass is 338 g/mol. The van der Waals surface area contributed by atoms with Gasteiger partial charge in [-0.25, -0.2) is 0 Å². The van der Waals surface area contributed by atoms with Crippen molar-refractivity contribution in [2.24, 2.45) is 0 Å². The Hall–Kier alpha value is -2.69. The number of anilines is 4. The van der Waals surface area contributed by atoms with Crippen LogP contribution in [0.3, 0.4) is 0 Å². The van der Waals surface area contributed by atoms with Crippen molar-refractivity contribution < 1.29 is 4.79 Å². The molecule has 2 aromatic carbocycles. The van der Waals surface area contributed by atoms with Gasteiger partial charge in [0.05, 0.1) is 5.56 Å². The van der Waals surface area contributed by atoms with Gasteiger partial charge in [-0.1, -0.05) is 0 Å². The van der Waals surface area contributed by atoms with Gasteiger partial charge in [0.15, 0.2) is 0 Å². The Morgan fingerprint density at radius 1 is 1.04 bits per heavy atom. The quantitative estimate of drug-likeness (QED) is 0.743. The minimum atomic E-state index is -0.178. The van der Waals surface area contributed by atoms with E-state index in [1.165, 1.54) is 18.5 Å². The van der Waals surface area contributed by atoms with Gasteiger partial charge in [-0.15, -0.1) is 0 Å². The molecule has 5 nitrogen and oxygen atoms in total. The Labute approximate surface area is 149 Å². The number of amides is 1. The molecule has 0 radical (unpaired) electrons. The molecule has 1 fully saturated rings. The highest BCUT2D eigenvalue weighted by Gasteiger charge is 2.27. The van der Waals surface area contributed by atoms with E-state index in [-0.39, 0.29) is 5.91 Å². The Bertz CT molecular complexity index is 747. The van der Waals surface area contributed by atoms with E-state index in [1.807, 2.05) is 6.07 Å². The first-order valence-corrected chi connectivity index (χ1v) is 8.76. The average molecular weight is 338 g/mol. The van der Waals surface area contributed by atoms with Crippen molar-refractivity contribution in [1.82, 2.24) is 5.32 Å². The van der Waals surface area contributed by atoms with Crippen LogP contribution in [-0.4, -0.2) is 25.0 Å². The zero-order valence-electron chi connectivity index (χ0n) is 15.0. The lowest BCUT2D eigenvalue weighted by molar-refractivity contribution is 0.0964. The minimum Gasteiger partial charge on any atom is -0.398 e. The van der Waals surface area contributed by atoms with Crippen molar-refractivity contribution in [2.45, 2.75) is 38.8 Å². The van der Waals surface area contributed by atoms with E-state index >= 15 is 0 Å². The van der Waals surface area contributed by atoms with Gasteiger partial charge in [0.1, 0.15) is 0 Å². The summed E-state index contributed by atoms with van der Waals surface area (Å²) >= 11 is 0. The average Bonchev–Trinajstić information content (AvgIpc) is 2.94. The second kappa shape index (κ2) is 7.05. The summed E-state index contributed by atoms with van der Waals surface area (Å²) in [6.07, 6.45) is 2.50. The number of carbonyl (C=O) groups excluding carboxylic acids is 1. The number of nitrogen functional groups attached to an aromatic ring is 1. The van der Waals surface area contributed by atoms with Crippen molar-refractivity contribution in [3.63, 3.8) is 0 Å². The van der Waals surface area contributed by atoms with Crippen molar-refractivity contribution in [1.29, 1.82) is 0 Å². The summed E-state index contributed by atoms with van der Waals surface area (Å²) in [4.78, 5) is 14.2. The number of benzene rings is 2. The van der Waals surface area contributed by atoms with Gasteiger partial charge < -0.3 is 21.3 Å². The third kappa shape index (κ3) is 3.55. The van der Waals surface area contributed by atoms with E-state index in [0.717, 1.165) is 11.4 Å². The fourth-order valence-electron chi connectivity index (χ4n) is 3.57. The molecule has 25 heavy (non-hydrogen) atoms. The predicted molar refractivity (Wildman–Crippen MR) is 105 cm³/mol. The van der Waals surface area contributed by atoms with Crippen LogP contribution in [0.1, 0.15) is 37.0 Å². The highest BCUT2D eigenvalue weighted by atomic mass is 16.1. The van der Waals surface area contributed by atoms with E-state index in [2.05, 4.69) is 53.6 Å². The number of nitrogens with one attached hydrogen (secondary N) is 2. The van der Waals surface area contributed by atoms with Crippen molar-refractivity contribution >= 4 is 28.7 Å². The zero-order valence-corrected chi connectivity index (χ0v) is 15.0. The molecule has 2 unspecified atom stereocenters. The maximum atomic E-state index is 11.7. The topological polar surface area (TPSA) is 70.4 Å². The van der Waals surface area contributed by atoms with Crippen LogP contribution in [0.25, 0.3) is 0 Å². The van der Waals surface area contributed by atoms with E-state index in [0.29, 0.717) is 23.3 Å². The SMILES string of the molecule is CNC(=O)c1ccc(Nc2ccc(N3C(C)CCC3C)cc2)cc1N. The molecular weight excluding hydrogens is 312 g/mol. The first kappa shape index (κ1) is 17.1. The molecule has 1 aliphatic rings. The molecule has 0 saturated carbocycles. The van der Waals surface area contributed by atoms with Gasteiger partial charge in [-0.3, -0.25) is 4.79 Å². The number of hydrogen-bond acceptors (Lipinski definition) is 4. The van der Waals surface area contributed by atoms with Gasteiger partial charge in [0, 0.05) is 41.9 Å². The van der Waals surface area contributed by atoms with E-state index < -0.39 is 0 Å². The van der Waals surface area contributed by atoms with E-state index in [4.69, 9.17) is 5.73 Å². The third-order valence-electron chi connectivity index (χ3n) is 4.93. The maximum absolute atomic E-state index is 11.7. The lowest BCUT2D eigenvalue weighted by atomic mass is 10.1. The summed E-state index contributed by atoms with van der Waals surface area (Å²) in [5.74, 6) is -0.178. The van der Waals surface area contributed by atoms with Crippen LogP contribution in [0.5, 0.6) is 0 Å². The van der Waals surface area contributed by atoms with Crippen LogP contribution in [0.2, 0.25) is 0 Å². The Morgan fingerprint density at radius 3 is 2.20 bits per heavy atom. The Kier molecular flexibility index (Phi) is 4.83. The van der Waals surface area contributed by atoms with Crippen LogP contribution >= 0.6 is 0 Å². The summed E-state index contributed by atoms with van der Waals surface area (Å²) in [6, 6.07) is 15.0. The molecule has 0 spiro atoms. The molecule has 4 N–H and O–H groups in total. The first-order valence-electron chi connectivity index (χ1n) is 8.76. The van der Waals surface area contributed by atoms with Gasteiger partial charge in [-0.05, 0) is 69.2 Å². The van der Waals surface area contributed by atoms with E-state index in [1.54, 1.807) is 19.2 Å². The molecule has 0 aromatic heterocycles. The second-order valence-corrected chi connectivity index (χ2v) is 6.74. The molecule has 1 amide bonds. The molecule has 1 aliphatic heterocycles. The number of rotatable bonds is 4. The molecule has 2 aromatic rings. The van der Waals surface area contributed by atoms with Crippen molar-refractivity contribution in [2.75, 3.05) is 23.0 Å². The van der Waals surface area contributed by atoms with Crippen LogP contribution in [0.4, 0.5) is 22.7 Å². The predicted octanol–water partition coefficient (Wildman–Crippen LogP) is 3.75. The van der Waals surface area contributed by atoms with Crippen molar-refractivity contribution in [3.8, 4) is 0 Å². The largest absolute Gasteiger partial charge is 0.398 e. The summed E-state index contributed by atoms with van der Waals surface area (Å²) in [6.45, 7) is 4.57. The molecule has 1 heterocycles. The highest BCUT2D eigenvalue weighted by Crippen LogP contribution is 2.31. The molecule has 0 aliphatic carbocycles. The van der Waals surface area contributed by atoms with Crippen LogP contribution in [0, 0.1) is 0 Å². The standard InChI is InChI=1S/C20H26N4O/c1-13-4-5-14(2)24(13)17-9-6-15(7-10-17)23-16-8-11-18(19(21)12-16)20(25)22-3/h6-14,23H,4-5,21H2,1-3H3,(H,22,25). The van der Waals surface area contributed by atoms with Crippen LogP contribution in [-0.2, 0) is 0 Å². The summed E-state index contributed by atoms with van der Waals surface area (Å²) in [5, 5.41) is 5.93. The number of nitrogens with zero attached hydrogens (tertiary/aromatic N) is 1. The maximum Gasteiger partial charge on any atom is 0.253 e. The Morgan fingerprint density at radius 2 is 1.64 bits per heavy atom. The van der Waals surface area contributed by atoms with Crippen molar-refractivity contribution in [3.05, 3.63) is 48.0 Å². The van der Waals surface area contributed by atoms with Gasteiger partial charge in [0.2, 0.25) is 0 Å². The van der Waals surface area contributed by atoms with Crippen LogP contribution in [0.15, 0.2) is 42.5 Å². The molecule has 2 atom stereocenters. The summed E-state index contributed by atoms with van der Waals surface area (Å²) in [7, 11) is 1.59. The molecule has 132 valence electrons. The van der Waals surface area contributed by atoms with E-state index in [9.17, 15) is 4.79 Å². The van der Waals surface area contributed by atoms with Gasteiger partial charge in [0.25, 0.3) is 5.91 Å². The summed E-state index contributed by atoms with van der Waals surface area (Å²) < 4.78 is 0. The van der Waals surface area contributed by atoms with Gasteiger partial charge in [-0.2, -0.15) is 0 Å². The molecule has 0 bridgehead atoms. The second-order valence-electron chi connectivity index (χ2n) is 6.74. The number of carbonyl (C=O) groups is 1. The lowest BCUT2D eigenvalue weighted by Gasteiger charge is -2.28. The molecule has 5 heteroatoms. The third-order valence-corrected chi connectivity index (χ3v) is 4.93. The molecule has 3 rings (SSSR count). The first-order chi connectivity index (χ1) is 12.0. The fraction of sp³-hybridized carbons (Fsp3) is 0.350. The number of hydrogen-bond donors (Lipinski definition) is 3.